The van der Waals surface area contributed by atoms with Crippen molar-refractivity contribution in [1.29, 1.82) is 0 Å². The Morgan fingerprint density at radius 3 is 1.49 bits per heavy atom. The molecule has 302 valence electrons. The highest BCUT2D eigenvalue weighted by atomic mass is 19.4. The van der Waals surface area contributed by atoms with Gasteiger partial charge in [0, 0.05) is 33.2 Å². The fraction of sp³-hybridized carbons (Fsp3) is 0.0625. The number of alkyl halides is 9. The fourth-order valence-corrected chi connectivity index (χ4v) is 7.54. The van der Waals surface area contributed by atoms with Gasteiger partial charge in [-0.1, -0.05) is 109 Å². The van der Waals surface area contributed by atoms with Crippen LogP contribution in [0.15, 0.2) is 164 Å². The number of hydrogen-bond acceptors (Lipinski definition) is 3. The summed E-state index contributed by atoms with van der Waals surface area (Å²) in [6, 6.07) is 41.2. The van der Waals surface area contributed by atoms with Crippen LogP contribution in [0.5, 0.6) is 0 Å². The highest BCUT2D eigenvalue weighted by Gasteiger charge is 2.37. The zero-order valence-corrected chi connectivity index (χ0v) is 31.3. The molecule has 61 heavy (non-hydrogen) atoms. The van der Waals surface area contributed by atoms with E-state index in [0.29, 0.717) is 50.8 Å². The maximum atomic E-state index is 14.6. The molecule has 0 amide bonds. The maximum absolute atomic E-state index is 14.6. The number of rotatable bonds is 6. The van der Waals surface area contributed by atoms with E-state index in [0.717, 1.165) is 6.07 Å². The molecular formula is C48H27F9N4. The monoisotopic (exact) mass is 830 g/mol. The topological polar surface area (TPSA) is 43.6 Å². The minimum Gasteiger partial charge on any atom is -0.309 e. The Morgan fingerprint density at radius 2 is 0.885 bits per heavy atom. The molecule has 0 atom stereocenters. The van der Waals surface area contributed by atoms with E-state index in [9.17, 15) is 39.5 Å². The van der Waals surface area contributed by atoms with Crippen molar-refractivity contribution in [1.82, 2.24) is 19.5 Å². The molecule has 0 aliphatic heterocycles. The molecule has 0 bridgehead atoms. The summed E-state index contributed by atoms with van der Waals surface area (Å²) in [4.78, 5) is 14.4. The van der Waals surface area contributed by atoms with Crippen LogP contribution in [0, 0.1) is 0 Å². The van der Waals surface area contributed by atoms with Gasteiger partial charge >= 0.3 is 18.5 Å². The standard InChI is InChI=1S/C48H27F9N4/c49-46(50,51)32-23-31(24-33(26-32)47(52,53)54)30-19-22-42-38(25-30)37-16-8-10-18-41(37)61(42)34-20-21-35(36-15-7-9-17-40(36)48(55,56)57)39(27-34)45-59-43(28-11-3-1-4-12-28)58-44(60-45)29-13-5-2-6-14-29/h1-27H. The van der Waals surface area contributed by atoms with Crippen molar-refractivity contribution in [3.63, 3.8) is 0 Å². The van der Waals surface area contributed by atoms with Crippen LogP contribution in [0.4, 0.5) is 39.5 Å². The summed E-state index contributed by atoms with van der Waals surface area (Å²) in [5.41, 5.74) is -0.781. The lowest BCUT2D eigenvalue weighted by atomic mass is 9.94. The lowest BCUT2D eigenvalue weighted by molar-refractivity contribution is -0.143. The van der Waals surface area contributed by atoms with Gasteiger partial charge in [-0.2, -0.15) is 39.5 Å². The second-order valence-corrected chi connectivity index (χ2v) is 14.2. The molecule has 9 rings (SSSR count). The zero-order chi connectivity index (χ0) is 42.7. The van der Waals surface area contributed by atoms with Crippen LogP contribution in [0.3, 0.4) is 0 Å². The molecule has 0 saturated heterocycles. The predicted octanol–water partition coefficient (Wildman–Crippen LogP) is 14.4. The molecule has 0 N–H and O–H groups in total. The van der Waals surface area contributed by atoms with Gasteiger partial charge in [0.1, 0.15) is 0 Å². The molecule has 0 fully saturated rings. The first-order chi connectivity index (χ1) is 29.1. The van der Waals surface area contributed by atoms with E-state index in [-0.39, 0.29) is 51.4 Å². The largest absolute Gasteiger partial charge is 0.417 e. The number of para-hydroxylation sites is 1. The minimum atomic E-state index is -5.04. The molecule has 0 spiro atoms. The average molecular weight is 831 g/mol. The molecule has 4 nitrogen and oxygen atoms in total. The third-order valence-electron chi connectivity index (χ3n) is 10.3. The maximum Gasteiger partial charge on any atom is 0.417 e. The summed E-state index contributed by atoms with van der Waals surface area (Å²) in [6.07, 6.45) is -14.8. The summed E-state index contributed by atoms with van der Waals surface area (Å²) in [5.74, 6) is 0.629. The van der Waals surface area contributed by atoms with Crippen molar-refractivity contribution < 1.29 is 39.5 Å². The van der Waals surface area contributed by atoms with Crippen LogP contribution in [0.25, 0.3) is 83.9 Å². The van der Waals surface area contributed by atoms with Gasteiger partial charge in [0.25, 0.3) is 0 Å². The molecule has 0 aliphatic rings. The first-order valence-corrected chi connectivity index (χ1v) is 18.6. The first-order valence-electron chi connectivity index (χ1n) is 18.6. The fourth-order valence-electron chi connectivity index (χ4n) is 7.54. The van der Waals surface area contributed by atoms with E-state index in [1.807, 2.05) is 41.0 Å². The Kier molecular flexibility index (Phi) is 9.49. The normalized spacial score (nSPS) is 12.3. The van der Waals surface area contributed by atoms with E-state index in [1.165, 1.54) is 30.3 Å². The number of aromatic nitrogens is 4. The molecule has 9 aromatic rings. The van der Waals surface area contributed by atoms with Crippen LogP contribution >= 0.6 is 0 Å². The van der Waals surface area contributed by atoms with Gasteiger partial charge in [-0.15, -0.1) is 0 Å². The van der Waals surface area contributed by atoms with Gasteiger partial charge < -0.3 is 4.57 Å². The quantitative estimate of drug-likeness (QED) is 0.157. The molecule has 7 aromatic carbocycles. The number of benzene rings is 7. The van der Waals surface area contributed by atoms with E-state index < -0.39 is 35.2 Å². The average Bonchev–Trinajstić information content (AvgIpc) is 3.59. The predicted molar refractivity (Wildman–Crippen MR) is 216 cm³/mol. The van der Waals surface area contributed by atoms with Gasteiger partial charge in [0.2, 0.25) is 0 Å². The Balaban J connectivity index is 1.30. The second kappa shape index (κ2) is 14.8. The van der Waals surface area contributed by atoms with Gasteiger partial charge in [-0.25, -0.2) is 15.0 Å². The highest BCUT2D eigenvalue weighted by Crippen LogP contribution is 2.44. The summed E-state index contributed by atoms with van der Waals surface area (Å²) >= 11 is 0. The van der Waals surface area contributed by atoms with Crippen LogP contribution < -0.4 is 0 Å². The third kappa shape index (κ3) is 7.47. The Bertz CT molecular complexity index is 3010. The molecule has 0 unspecified atom stereocenters. The van der Waals surface area contributed by atoms with Gasteiger partial charge in [-0.05, 0) is 76.9 Å². The van der Waals surface area contributed by atoms with Crippen molar-refractivity contribution in [3.8, 4) is 62.1 Å². The molecule has 0 radical (unpaired) electrons. The van der Waals surface area contributed by atoms with Crippen molar-refractivity contribution in [2.45, 2.75) is 18.5 Å². The summed E-state index contributed by atoms with van der Waals surface area (Å²) in [5, 5.41) is 1.12. The zero-order valence-electron chi connectivity index (χ0n) is 31.3. The van der Waals surface area contributed by atoms with E-state index >= 15 is 0 Å². The van der Waals surface area contributed by atoms with Crippen LogP contribution in [-0.4, -0.2) is 19.5 Å². The molecule has 2 aromatic heterocycles. The molecule has 13 heteroatoms. The van der Waals surface area contributed by atoms with Crippen molar-refractivity contribution in [2.75, 3.05) is 0 Å². The first kappa shape index (κ1) is 39.2. The minimum absolute atomic E-state index is 0.0783. The van der Waals surface area contributed by atoms with Crippen LogP contribution in [-0.2, 0) is 18.5 Å². The second-order valence-electron chi connectivity index (χ2n) is 14.2. The van der Waals surface area contributed by atoms with Gasteiger partial charge in [0.15, 0.2) is 17.5 Å². The van der Waals surface area contributed by atoms with Crippen molar-refractivity contribution in [3.05, 3.63) is 180 Å². The Morgan fingerprint density at radius 1 is 0.344 bits per heavy atom. The number of fused-ring (bicyclic) bond motifs is 3. The molecule has 2 heterocycles. The Hall–Kier alpha value is -7.28. The number of hydrogen-bond donors (Lipinski definition) is 0. The van der Waals surface area contributed by atoms with Crippen LogP contribution in [0.1, 0.15) is 16.7 Å². The number of nitrogens with zero attached hydrogens (tertiary/aromatic N) is 4. The smallest absolute Gasteiger partial charge is 0.309 e. The van der Waals surface area contributed by atoms with E-state index in [1.54, 1.807) is 72.8 Å². The summed E-state index contributed by atoms with van der Waals surface area (Å²) in [6.45, 7) is 0. The molecule has 0 aliphatic carbocycles. The SMILES string of the molecule is FC(F)(F)c1cc(-c2ccc3c(c2)c2ccccc2n3-c2ccc(-c3ccccc3C(F)(F)F)c(-c3nc(-c4ccccc4)nc(-c4ccccc4)n3)c2)cc(C(F)(F)F)c1. The van der Waals surface area contributed by atoms with Crippen LogP contribution in [0.2, 0.25) is 0 Å². The van der Waals surface area contributed by atoms with Crippen molar-refractivity contribution in [2.24, 2.45) is 0 Å². The van der Waals surface area contributed by atoms with E-state index in [2.05, 4.69) is 0 Å². The van der Waals surface area contributed by atoms with Crippen molar-refractivity contribution >= 4 is 21.8 Å². The lowest BCUT2D eigenvalue weighted by Gasteiger charge is -2.18. The molecule has 0 saturated carbocycles. The summed E-state index contributed by atoms with van der Waals surface area (Å²) in [7, 11) is 0. The molecular weight excluding hydrogens is 804 g/mol. The van der Waals surface area contributed by atoms with E-state index in [4.69, 9.17) is 15.0 Å². The third-order valence-corrected chi connectivity index (χ3v) is 10.3. The van der Waals surface area contributed by atoms with Gasteiger partial charge in [-0.3, -0.25) is 0 Å². The van der Waals surface area contributed by atoms with Gasteiger partial charge in [0.05, 0.1) is 27.7 Å². The number of halogens is 9. The summed E-state index contributed by atoms with van der Waals surface area (Å²) < 4.78 is 129. The highest BCUT2D eigenvalue weighted by molar-refractivity contribution is 6.10. The Labute approximate surface area is 341 Å². The lowest BCUT2D eigenvalue weighted by Crippen LogP contribution is -2.11.